The monoisotopic (exact) mass is 467 g/mol. The molecule has 0 bridgehead atoms. The lowest BCUT2D eigenvalue weighted by Gasteiger charge is -2.52. The van der Waals surface area contributed by atoms with Crippen molar-refractivity contribution in [3.8, 4) is 0 Å². The zero-order valence-corrected chi connectivity index (χ0v) is 22.8. The smallest absolute Gasteiger partial charge is 0.0653 e. The Hall–Kier alpha value is -0.160. The quantitative estimate of drug-likeness (QED) is 0.248. The Bertz CT molecular complexity index is 577. The molecule has 33 heavy (non-hydrogen) atoms. The van der Waals surface area contributed by atoms with E-state index in [-0.39, 0.29) is 29.0 Å². The minimum absolute atomic E-state index is 0.0230. The Labute approximate surface area is 205 Å². The van der Waals surface area contributed by atoms with E-state index in [0.29, 0.717) is 24.2 Å². The molecule has 2 aliphatic carbocycles. The summed E-state index contributed by atoms with van der Waals surface area (Å²) in [6.45, 7) is 14.2. The van der Waals surface area contributed by atoms with E-state index in [1.54, 1.807) is 0 Å². The van der Waals surface area contributed by atoms with Gasteiger partial charge in [-0.3, -0.25) is 0 Å². The van der Waals surface area contributed by atoms with Crippen LogP contribution in [0.1, 0.15) is 125 Å². The van der Waals surface area contributed by atoms with Crippen molar-refractivity contribution >= 4 is 0 Å². The molecule has 0 aromatic rings. The molecule has 5 N–H and O–H groups in total. The fourth-order valence-electron chi connectivity index (χ4n) is 8.26. The van der Waals surface area contributed by atoms with E-state index in [1.807, 2.05) is 6.92 Å². The van der Waals surface area contributed by atoms with Gasteiger partial charge in [-0.1, -0.05) is 60.3 Å². The lowest BCUT2D eigenvalue weighted by atomic mass is 9.55. The van der Waals surface area contributed by atoms with Gasteiger partial charge in [0.25, 0.3) is 0 Å². The van der Waals surface area contributed by atoms with Gasteiger partial charge in [0.1, 0.15) is 0 Å². The Kier molecular flexibility index (Phi) is 10.7. The van der Waals surface area contributed by atoms with Crippen LogP contribution in [0, 0.1) is 34.5 Å². The third-order valence-electron chi connectivity index (χ3n) is 9.95. The number of aliphatic hydroxyl groups is 3. The average molecular weight is 468 g/mol. The summed E-state index contributed by atoms with van der Waals surface area (Å²) in [7, 11) is 0. The minimum Gasteiger partial charge on any atom is -0.393 e. The van der Waals surface area contributed by atoms with Crippen molar-refractivity contribution in [2.45, 2.75) is 143 Å². The first-order valence-corrected chi connectivity index (χ1v) is 14.2. The lowest BCUT2D eigenvalue weighted by molar-refractivity contribution is -0.1000. The molecule has 0 aliphatic heterocycles. The van der Waals surface area contributed by atoms with Crippen molar-refractivity contribution < 1.29 is 15.3 Å². The molecule has 0 heterocycles. The maximum absolute atomic E-state index is 11.7. The number of nitrogens with two attached hydrogens (primary N) is 1. The SMILES string of the molecule is CCC[C@@]1(C)[C@H]([C@@H]2C[C@H](O)[C@@H](C[C@@H](O)CC)C(C)(C)C2)CC[C@@H]1[C@@](C)(O)CCCCCCN. The molecule has 8 atom stereocenters. The average Bonchev–Trinajstić information content (AvgIpc) is 3.07. The Morgan fingerprint density at radius 2 is 1.73 bits per heavy atom. The van der Waals surface area contributed by atoms with Crippen molar-refractivity contribution in [2.75, 3.05) is 6.54 Å². The predicted octanol–water partition coefficient (Wildman–Crippen LogP) is 6.05. The van der Waals surface area contributed by atoms with E-state index in [2.05, 4.69) is 34.6 Å². The molecule has 0 saturated heterocycles. The third-order valence-corrected chi connectivity index (χ3v) is 9.95. The van der Waals surface area contributed by atoms with E-state index in [4.69, 9.17) is 5.73 Å². The molecule has 4 heteroatoms. The number of unbranched alkanes of at least 4 members (excludes halogenated alkanes) is 3. The van der Waals surface area contributed by atoms with Crippen molar-refractivity contribution in [3.05, 3.63) is 0 Å². The summed E-state index contributed by atoms with van der Waals surface area (Å²) in [5.41, 5.74) is 5.15. The molecule has 2 saturated carbocycles. The van der Waals surface area contributed by atoms with Gasteiger partial charge in [-0.05, 0) is 106 Å². The molecule has 0 aromatic carbocycles. The molecule has 4 nitrogen and oxygen atoms in total. The van der Waals surface area contributed by atoms with Crippen LogP contribution < -0.4 is 5.73 Å². The zero-order valence-electron chi connectivity index (χ0n) is 22.8. The Morgan fingerprint density at radius 1 is 1.06 bits per heavy atom. The highest BCUT2D eigenvalue weighted by Gasteiger charge is 2.56. The van der Waals surface area contributed by atoms with Gasteiger partial charge in [-0.2, -0.15) is 0 Å². The summed E-state index contributed by atoms with van der Waals surface area (Å²) in [5, 5.41) is 33.2. The highest BCUT2D eigenvalue weighted by Crippen LogP contribution is 2.61. The van der Waals surface area contributed by atoms with Crippen LogP contribution in [0.25, 0.3) is 0 Å². The lowest BCUT2D eigenvalue weighted by Crippen LogP contribution is -2.49. The van der Waals surface area contributed by atoms with Crippen LogP contribution in [0.3, 0.4) is 0 Å². The molecule has 0 amide bonds. The molecule has 0 spiro atoms. The standard InChI is InChI=1S/C29H57NO3/c1-7-15-28(5)23(13-14-26(28)29(6,33)16-11-9-10-12-17-30)21-18-25(32)24(19-22(31)8-2)27(3,4)20-21/h21-26,31-33H,7-20,30H2,1-6H3/t21-,22+,23+,24-,25+,26+,28+,29+/m1/s1. The highest BCUT2D eigenvalue weighted by molar-refractivity contribution is 5.06. The fourth-order valence-corrected chi connectivity index (χ4v) is 8.26. The summed E-state index contributed by atoms with van der Waals surface area (Å²) in [5.74, 6) is 1.53. The second-order valence-corrected chi connectivity index (χ2v) is 13.0. The van der Waals surface area contributed by atoms with Gasteiger partial charge >= 0.3 is 0 Å². The van der Waals surface area contributed by atoms with Crippen molar-refractivity contribution in [3.63, 3.8) is 0 Å². The van der Waals surface area contributed by atoms with Gasteiger partial charge < -0.3 is 21.1 Å². The number of rotatable bonds is 13. The van der Waals surface area contributed by atoms with Crippen LogP contribution in [0.15, 0.2) is 0 Å². The predicted molar refractivity (Wildman–Crippen MR) is 139 cm³/mol. The molecule has 0 aromatic heterocycles. The van der Waals surface area contributed by atoms with E-state index >= 15 is 0 Å². The summed E-state index contributed by atoms with van der Waals surface area (Å²) < 4.78 is 0. The van der Waals surface area contributed by atoms with Crippen LogP contribution >= 0.6 is 0 Å². The van der Waals surface area contributed by atoms with Crippen LogP contribution in [0.5, 0.6) is 0 Å². The molecule has 0 radical (unpaired) electrons. The first-order valence-electron chi connectivity index (χ1n) is 14.2. The number of aliphatic hydroxyl groups excluding tert-OH is 2. The maximum atomic E-state index is 11.7. The third kappa shape index (κ3) is 6.96. The molecule has 0 unspecified atom stereocenters. The molecule has 2 fully saturated rings. The minimum atomic E-state index is -0.627. The van der Waals surface area contributed by atoms with E-state index in [0.717, 1.165) is 77.2 Å². The zero-order chi connectivity index (χ0) is 24.9. The normalized spacial score (nSPS) is 37.1. The van der Waals surface area contributed by atoms with Crippen LogP contribution in [0.2, 0.25) is 0 Å². The van der Waals surface area contributed by atoms with Crippen molar-refractivity contribution in [1.29, 1.82) is 0 Å². The summed E-state index contributed by atoms with van der Waals surface area (Å²) >= 11 is 0. The topological polar surface area (TPSA) is 86.7 Å². The Morgan fingerprint density at radius 3 is 2.30 bits per heavy atom. The first kappa shape index (κ1) is 29.1. The highest BCUT2D eigenvalue weighted by atomic mass is 16.3. The second-order valence-electron chi connectivity index (χ2n) is 13.0. The van der Waals surface area contributed by atoms with Gasteiger partial charge in [0.2, 0.25) is 0 Å². The molecule has 2 rings (SSSR count). The van der Waals surface area contributed by atoms with Crippen molar-refractivity contribution in [2.24, 2.45) is 40.2 Å². The van der Waals surface area contributed by atoms with E-state index in [9.17, 15) is 15.3 Å². The summed E-state index contributed by atoms with van der Waals surface area (Å²) in [6, 6.07) is 0. The maximum Gasteiger partial charge on any atom is 0.0653 e. The molecule has 2 aliphatic rings. The molecule has 196 valence electrons. The van der Waals surface area contributed by atoms with Gasteiger partial charge in [0.15, 0.2) is 0 Å². The van der Waals surface area contributed by atoms with Crippen LogP contribution in [-0.2, 0) is 0 Å². The second kappa shape index (κ2) is 12.2. The van der Waals surface area contributed by atoms with Crippen molar-refractivity contribution in [1.82, 2.24) is 0 Å². The van der Waals surface area contributed by atoms with Gasteiger partial charge in [0.05, 0.1) is 17.8 Å². The molecular formula is C29H57NO3. The largest absolute Gasteiger partial charge is 0.393 e. The number of hydrogen-bond acceptors (Lipinski definition) is 4. The van der Waals surface area contributed by atoms with Gasteiger partial charge in [0, 0.05) is 0 Å². The Balaban J connectivity index is 2.15. The summed E-state index contributed by atoms with van der Waals surface area (Å²) in [6.07, 6.45) is 12.7. The van der Waals surface area contributed by atoms with E-state index in [1.165, 1.54) is 6.42 Å². The van der Waals surface area contributed by atoms with E-state index < -0.39 is 5.60 Å². The van der Waals surface area contributed by atoms with Gasteiger partial charge in [-0.25, -0.2) is 0 Å². The van der Waals surface area contributed by atoms with Crippen LogP contribution in [-0.4, -0.2) is 39.7 Å². The number of hydrogen-bond donors (Lipinski definition) is 4. The molecular weight excluding hydrogens is 410 g/mol. The fraction of sp³-hybridized carbons (Fsp3) is 1.00. The summed E-state index contributed by atoms with van der Waals surface area (Å²) in [4.78, 5) is 0. The van der Waals surface area contributed by atoms with Crippen LogP contribution in [0.4, 0.5) is 0 Å². The first-order chi connectivity index (χ1) is 15.4. The van der Waals surface area contributed by atoms with Gasteiger partial charge in [-0.15, -0.1) is 0 Å².